The van der Waals surface area contributed by atoms with Gasteiger partial charge in [-0.15, -0.1) is 0 Å². The van der Waals surface area contributed by atoms with Crippen molar-refractivity contribution in [3.8, 4) is 0 Å². The van der Waals surface area contributed by atoms with Crippen LogP contribution in [0.1, 0.15) is 120 Å². The van der Waals surface area contributed by atoms with Crippen LogP contribution in [0, 0.1) is 50.2 Å². The van der Waals surface area contributed by atoms with E-state index in [0.29, 0.717) is 38.5 Å². The van der Waals surface area contributed by atoms with Crippen LogP contribution in [0.25, 0.3) is 0 Å². The number of allylic oxidation sites excluding steroid dienone is 2. The molecule has 47 atom stereocenters. The molecule has 115 heavy (non-hydrogen) atoms. The van der Waals surface area contributed by atoms with Gasteiger partial charge in [-0.3, -0.25) is 4.79 Å². The zero-order valence-electron chi connectivity index (χ0n) is 65.2. The largest absolute Gasteiger partial charge is 0.479 e. The number of carbonyl (C=O) groups is 3. The average Bonchev–Trinajstić information content (AvgIpc) is 0.669. The minimum Gasteiger partial charge on any atom is -0.479 e. The molecule has 21 N–H and O–H groups in total. The van der Waals surface area contributed by atoms with Crippen LogP contribution in [0.5, 0.6) is 0 Å². The molecule has 0 radical (unpaired) electrons. The highest BCUT2D eigenvalue weighted by atomic mass is 16.8. The molecular weight excluding hydrogens is 1540 g/mol. The lowest BCUT2D eigenvalue weighted by molar-refractivity contribution is -0.391. The molecule has 0 aromatic heterocycles. The Morgan fingerprint density at radius 3 is 1.56 bits per heavy atom. The zero-order chi connectivity index (χ0) is 83.9. The van der Waals surface area contributed by atoms with E-state index in [4.69, 9.17) is 75.8 Å². The molecule has 8 aliphatic heterocycles. The fourth-order valence-corrected chi connectivity index (χ4v) is 21.4. The Morgan fingerprint density at radius 2 is 0.957 bits per heavy atom. The van der Waals surface area contributed by atoms with E-state index in [1.807, 2.05) is 13.8 Å². The third-order valence-corrected chi connectivity index (χ3v) is 28.5. The summed E-state index contributed by atoms with van der Waals surface area (Å²) in [5.74, 6) is -4.27. The van der Waals surface area contributed by atoms with Gasteiger partial charge in [-0.25, -0.2) is 4.79 Å². The Hall–Kier alpha value is -3.05. The van der Waals surface area contributed by atoms with Gasteiger partial charge in [-0.1, -0.05) is 53.2 Å². The molecule has 4 saturated carbocycles. The van der Waals surface area contributed by atoms with Crippen molar-refractivity contribution in [3.05, 3.63) is 11.6 Å². The van der Waals surface area contributed by atoms with E-state index >= 15 is 4.79 Å². The van der Waals surface area contributed by atoms with Crippen LogP contribution >= 0.6 is 0 Å². The maximum atomic E-state index is 16.1. The van der Waals surface area contributed by atoms with Gasteiger partial charge in [0.2, 0.25) is 6.29 Å². The molecule has 0 amide bonds. The maximum absolute atomic E-state index is 16.1. The second-order valence-electron chi connectivity index (χ2n) is 35.9. The van der Waals surface area contributed by atoms with Crippen molar-refractivity contribution in [1.82, 2.24) is 0 Å². The van der Waals surface area contributed by atoms with Gasteiger partial charge in [0.25, 0.3) is 0 Å². The van der Waals surface area contributed by atoms with Crippen molar-refractivity contribution in [1.29, 1.82) is 0 Å². The van der Waals surface area contributed by atoms with E-state index in [0.717, 1.165) is 11.9 Å². The van der Waals surface area contributed by atoms with Crippen molar-refractivity contribution >= 4 is 18.2 Å². The zero-order valence-corrected chi connectivity index (χ0v) is 65.2. The van der Waals surface area contributed by atoms with Crippen molar-refractivity contribution < 1.29 is 197 Å². The fourth-order valence-electron chi connectivity index (χ4n) is 21.4. The average molecular weight is 1660 g/mol. The number of aliphatic hydroxyl groups is 20. The van der Waals surface area contributed by atoms with E-state index in [1.165, 1.54) is 20.8 Å². The van der Waals surface area contributed by atoms with Crippen molar-refractivity contribution in [3.63, 3.8) is 0 Å². The molecule has 0 spiro atoms. The summed E-state index contributed by atoms with van der Waals surface area (Å²) in [7, 11) is 0. The summed E-state index contributed by atoms with van der Waals surface area (Å²) in [6.45, 7) is 13.8. The summed E-state index contributed by atoms with van der Waals surface area (Å²) in [5.41, 5.74) is -5.19. The molecule has 13 rings (SSSR count). The van der Waals surface area contributed by atoms with Crippen LogP contribution < -0.4 is 0 Å². The number of esters is 1. The third kappa shape index (κ3) is 15.7. The predicted octanol–water partition coefficient (Wildman–Crippen LogP) is -7.50. The first-order valence-corrected chi connectivity index (χ1v) is 39.8. The molecule has 40 nitrogen and oxygen atoms in total. The van der Waals surface area contributed by atoms with E-state index in [9.17, 15) is 117 Å². The minimum atomic E-state index is -2.24. The highest BCUT2D eigenvalue weighted by Gasteiger charge is 2.73. The van der Waals surface area contributed by atoms with Crippen LogP contribution in [0.4, 0.5) is 0 Å². The highest BCUT2D eigenvalue weighted by molar-refractivity contribution is 5.80. The van der Waals surface area contributed by atoms with E-state index < -0.39 is 322 Å². The van der Waals surface area contributed by atoms with Crippen LogP contribution in [0.15, 0.2) is 11.6 Å². The quantitative estimate of drug-likeness (QED) is 0.0247. The number of carboxylic acid groups (broad SMARTS) is 1. The van der Waals surface area contributed by atoms with Gasteiger partial charge in [0, 0.05) is 0 Å². The predicted molar refractivity (Wildman–Crippen MR) is 373 cm³/mol. The van der Waals surface area contributed by atoms with Crippen LogP contribution in [-0.2, 0) is 90.2 Å². The molecule has 8 saturated heterocycles. The number of hydrogen-bond acceptors (Lipinski definition) is 39. The molecule has 0 bridgehead atoms. The second-order valence-corrected chi connectivity index (χ2v) is 35.9. The number of hydrogen-bond donors (Lipinski definition) is 21. The number of aldehydes is 1. The summed E-state index contributed by atoms with van der Waals surface area (Å²) < 4.78 is 96.4. The van der Waals surface area contributed by atoms with Crippen molar-refractivity contribution in [2.75, 3.05) is 26.4 Å². The van der Waals surface area contributed by atoms with Gasteiger partial charge >= 0.3 is 11.9 Å². The first-order valence-electron chi connectivity index (χ1n) is 39.8. The lowest BCUT2D eigenvalue weighted by Gasteiger charge is -2.71. The van der Waals surface area contributed by atoms with Crippen LogP contribution in [0.2, 0.25) is 0 Å². The normalized spacial score (nSPS) is 55.4. The van der Waals surface area contributed by atoms with Crippen LogP contribution in [-0.4, -0.2) is 391 Å². The Balaban J connectivity index is 0.765. The number of carbonyl (C=O) groups excluding carboxylic acids is 2. The summed E-state index contributed by atoms with van der Waals surface area (Å²) in [5, 5.41) is 233. The van der Waals surface area contributed by atoms with Crippen molar-refractivity contribution in [2.45, 2.75) is 360 Å². The molecule has 13 aliphatic rings. The Morgan fingerprint density at radius 1 is 0.452 bits per heavy atom. The molecule has 0 aromatic rings. The van der Waals surface area contributed by atoms with Crippen molar-refractivity contribution in [2.24, 2.45) is 50.2 Å². The maximum Gasteiger partial charge on any atom is 0.335 e. The fraction of sp³-hybridized carbons (Fsp3) is 0.933. The number of ether oxygens (including phenoxy) is 16. The number of fused-ring (bicyclic) bond motifs is 7. The van der Waals surface area contributed by atoms with Crippen LogP contribution in [0.3, 0.4) is 0 Å². The van der Waals surface area contributed by atoms with Gasteiger partial charge < -0.3 is 188 Å². The minimum absolute atomic E-state index is 0.0129. The van der Waals surface area contributed by atoms with Gasteiger partial charge in [-0.05, 0) is 118 Å². The molecule has 8 heterocycles. The molecule has 5 aliphatic carbocycles. The number of rotatable bonds is 19. The Labute approximate surface area is 661 Å². The lowest BCUT2D eigenvalue weighted by Crippen LogP contribution is -2.69. The monoisotopic (exact) mass is 1660 g/mol. The van der Waals surface area contributed by atoms with E-state index in [1.54, 1.807) is 6.92 Å². The van der Waals surface area contributed by atoms with E-state index in [-0.39, 0.29) is 25.2 Å². The molecule has 0 aromatic carbocycles. The third-order valence-electron chi connectivity index (χ3n) is 28.5. The van der Waals surface area contributed by atoms with Gasteiger partial charge in [-0.2, -0.15) is 0 Å². The standard InChI is InChI=1S/C75H118O40/c1-25-38(82)42(86)47(91)64(103-25)109-54-27(3)105-67(58(50(54)94)113-65-49(93)44(88)53(26(2)104-65)108-63-52(96)55(32(80)23-102-63)110-61-45(89)39(83)30(78)21-100-61)115-69(99)75-17-16-70(4,5)18-29(75)28-10-11-35-71(6)14-13-37(72(7,24-77)34(71)12-15-73(35,8)74(28,9)19-36(75)81)107-68-59(114-66-48(92)43(87)41(85)33(20-76)106-66)56(51(95)57(112-68)60(97)98)111-62-46(90)40(84)31(79)22-101-62/h10,24-27,29-59,61-68,76,78-96H,11-23H2,1-9H3,(H,97,98)/t25-,26+,27-,29+,30-,31-,32-,33-,34-,35-,36-,37+,38-,39+,40+,41+,42+,43+,44+,45-,46-,47-,48-,49-,50+,51+,52-,53+,54+,55+,56+,57+,58-,59-,61+,62+,63+,64+,65+,66+,67+,68-,71+,72+,73-,74-,75-/m1/s1. The first kappa shape index (κ1) is 89.7. The number of aliphatic carboxylic acids is 1. The Bertz CT molecular complexity index is 3400. The number of carboxylic acids is 1. The SMILES string of the molecule is C[C@@H]1O[C@@H](O[C@H]2[C@H](OC(=O)[C@]34CCC(C)(C)C[C@H]3C3=CC[C@@H]5[C@@]6(C)CC[C@H](O[C@@H]7O[C@H](C(=O)O)[C@@H](O)[C@H](O[C@@H]8OC[C@@H](O)[C@H](O)[C@H]8O)[C@H]7O[C@@H]7O[C@H](CO)[C@H](O)[C@H](O)[C@H]7O)[C@@](C)(C=O)[C@@H]6CC[C@@]5(C)[C@]3(C)C[C@H]4O)O[C@H](C)[C@H](O[C@@H]3O[C@H](C)[C@@H](O)[C@H](O)[C@H]3O)[C@@H]2O)[C@H](O)[C@H](O)[C@H]1O[C@@H]1OC[C@@H](O)[C@H](O[C@@H]2OC[C@@H](O)[C@H](O)[C@H]2O)[C@H]1O. The summed E-state index contributed by atoms with van der Waals surface area (Å²) in [6, 6.07) is 0. The Kier molecular flexibility index (Phi) is 26.4. The molecule has 12 fully saturated rings. The lowest BCUT2D eigenvalue weighted by atomic mass is 9.33. The number of aliphatic hydroxyl groups excluding tert-OH is 20. The second kappa shape index (κ2) is 33.9. The molecular formula is C75H118O40. The van der Waals surface area contributed by atoms with Gasteiger partial charge in [0.1, 0.15) is 158 Å². The van der Waals surface area contributed by atoms with Gasteiger partial charge in [0.05, 0.1) is 62.4 Å². The first-order chi connectivity index (χ1) is 53.9. The highest BCUT2D eigenvalue weighted by Crippen LogP contribution is 2.76. The summed E-state index contributed by atoms with van der Waals surface area (Å²) >= 11 is 0. The summed E-state index contributed by atoms with van der Waals surface area (Å²) in [6.07, 6.45) is -64.4. The topological polar surface area (TPSA) is 624 Å². The smallest absolute Gasteiger partial charge is 0.335 e. The molecule has 40 heteroatoms. The molecule has 0 unspecified atom stereocenters. The summed E-state index contributed by atoms with van der Waals surface area (Å²) in [4.78, 5) is 43.5. The molecule has 658 valence electrons. The van der Waals surface area contributed by atoms with Gasteiger partial charge in [0.15, 0.2) is 56.2 Å². The van der Waals surface area contributed by atoms with E-state index in [2.05, 4.69) is 26.8 Å².